The monoisotopic (exact) mass is 582 g/mol. The Bertz CT molecular complexity index is 2140. The summed E-state index contributed by atoms with van der Waals surface area (Å²) in [6, 6.07) is 42.9. The molecule has 8 rings (SSSR count). The summed E-state index contributed by atoms with van der Waals surface area (Å²) in [6.45, 7) is 0. The Labute approximate surface area is 250 Å². The van der Waals surface area contributed by atoms with E-state index in [1.165, 1.54) is 20.2 Å². The zero-order valence-corrected chi connectivity index (χ0v) is 24.7. The van der Waals surface area contributed by atoms with E-state index in [1.54, 1.807) is 36.9 Å². The van der Waals surface area contributed by atoms with Crippen molar-refractivity contribution in [3.63, 3.8) is 0 Å². The molecule has 0 aliphatic heterocycles. The average molecular weight is 583 g/mol. The predicted molar refractivity (Wildman–Crippen MR) is 174 cm³/mol. The number of para-hydroxylation sites is 2. The van der Waals surface area contributed by atoms with Crippen LogP contribution in [0, 0.1) is 0 Å². The van der Waals surface area contributed by atoms with Gasteiger partial charge in [0.1, 0.15) is 32.0 Å². The Morgan fingerprint density at radius 2 is 0.810 bits per heavy atom. The number of aromatic nitrogens is 2. The van der Waals surface area contributed by atoms with Crippen LogP contribution in [0.2, 0.25) is 0 Å². The molecule has 4 nitrogen and oxygen atoms in total. The second-order valence-corrected chi connectivity index (χ2v) is 12.2. The van der Waals surface area contributed by atoms with Gasteiger partial charge in [-0.25, -0.2) is 0 Å². The van der Waals surface area contributed by atoms with Gasteiger partial charge < -0.3 is 9.47 Å². The summed E-state index contributed by atoms with van der Waals surface area (Å²) in [5.74, 6) is 1.69. The van der Waals surface area contributed by atoms with E-state index < -0.39 is 0 Å². The first kappa shape index (κ1) is 25.0. The normalized spacial score (nSPS) is 11.6. The average Bonchev–Trinajstić information content (AvgIpc) is 3.61. The molecule has 0 bridgehead atoms. The topological polar surface area (TPSA) is 26.2 Å². The Balaban J connectivity index is 1.51. The van der Waals surface area contributed by atoms with Gasteiger partial charge in [-0.3, -0.25) is 0 Å². The van der Waals surface area contributed by atoms with Crippen molar-refractivity contribution in [1.29, 1.82) is 0 Å². The van der Waals surface area contributed by atoms with Gasteiger partial charge in [0, 0.05) is 12.1 Å². The van der Waals surface area contributed by atoms with Crippen molar-refractivity contribution in [1.82, 2.24) is 0 Å². The number of hydrogen-bond donors (Lipinski definition) is 0. The highest BCUT2D eigenvalue weighted by Gasteiger charge is 2.40. The second-order valence-electron chi connectivity index (χ2n) is 10.2. The molecule has 0 saturated heterocycles. The van der Waals surface area contributed by atoms with E-state index in [9.17, 15) is 0 Å². The van der Waals surface area contributed by atoms with Crippen molar-refractivity contribution < 1.29 is 18.8 Å². The summed E-state index contributed by atoms with van der Waals surface area (Å²) in [6.07, 6.45) is 0. The lowest BCUT2D eigenvalue weighted by Crippen LogP contribution is -2.67. The number of thiazole rings is 2. The van der Waals surface area contributed by atoms with Gasteiger partial charge in [0.2, 0.25) is 0 Å². The van der Waals surface area contributed by atoms with Crippen LogP contribution in [0.1, 0.15) is 0 Å². The number of methoxy groups -OCH3 is 2. The van der Waals surface area contributed by atoms with Gasteiger partial charge in [-0.05, 0) is 57.9 Å². The van der Waals surface area contributed by atoms with Gasteiger partial charge in [0.25, 0.3) is 11.0 Å². The van der Waals surface area contributed by atoms with Gasteiger partial charge in [-0.2, -0.15) is 0 Å². The second kappa shape index (κ2) is 9.94. The molecule has 0 N–H and O–H groups in total. The third-order valence-corrected chi connectivity index (χ3v) is 10.1. The molecule has 0 unspecified atom stereocenters. The fourth-order valence-corrected chi connectivity index (χ4v) is 8.10. The first-order chi connectivity index (χ1) is 20.7. The summed E-state index contributed by atoms with van der Waals surface area (Å²) in [5, 5.41) is 6.84. The summed E-state index contributed by atoms with van der Waals surface area (Å²) in [7, 11) is 3.51. The Hall–Kier alpha value is -4.78. The van der Waals surface area contributed by atoms with E-state index in [4.69, 9.17) is 9.47 Å². The third kappa shape index (κ3) is 3.87. The van der Waals surface area contributed by atoms with Crippen LogP contribution >= 0.6 is 22.7 Å². The third-order valence-electron chi connectivity index (χ3n) is 7.78. The highest BCUT2D eigenvalue weighted by atomic mass is 32.1. The zero-order valence-electron chi connectivity index (χ0n) is 23.1. The van der Waals surface area contributed by atoms with E-state index >= 15 is 0 Å². The number of hydrogen-bond acceptors (Lipinski definition) is 4. The molecular weight excluding hydrogens is 557 g/mol. The van der Waals surface area contributed by atoms with E-state index in [0.717, 1.165) is 54.4 Å². The van der Waals surface area contributed by atoms with Crippen LogP contribution in [-0.4, -0.2) is 14.2 Å². The summed E-state index contributed by atoms with van der Waals surface area (Å²) in [4.78, 5) is 0. The highest BCUT2D eigenvalue weighted by Crippen LogP contribution is 2.40. The minimum atomic E-state index is 0.846. The molecule has 2 aromatic heterocycles. The van der Waals surface area contributed by atoms with E-state index in [2.05, 4.69) is 131 Å². The van der Waals surface area contributed by atoms with Crippen LogP contribution in [0.4, 0.5) is 0 Å². The van der Waals surface area contributed by atoms with E-state index in [1.807, 2.05) is 0 Å². The molecule has 202 valence electrons. The molecule has 0 atom stereocenters. The smallest absolute Gasteiger partial charge is 0.344 e. The van der Waals surface area contributed by atoms with Crippen molar-refractivity contribution in [2.75, 3.05) is 14.2 Å². The van der Waals surface area contributed by atoms with Crippen LogP contribution in [0.3, 0.4) is 0 Å². The standard InChI is InChI=1S/C36H26N2O2S2/c1-39-31-21-25-13-5-3-11-23(25)19-27(31)35-37(29-15-7-9-17-33(29)41-35)38-30-16-8-10-18-34(30)42-36(38)28-20-24-12-4-6-14-26(24)22-32(28)40-2/h3-22H,1-2H3/q+2. The number of benzene rings is 6. The Kier molecular flexibility index (Phi) is 5.91. The lowest BCUT2D eigenvalue weighted by Gasteiger charge is -2.08. The maximum atomic E-state index is 6.03. The van der Waals surface area contributed by atoms with E-state index in [-0.39, 0.29) is 0 Å². The first-order valence-corrected chi connectivity index (χ1v) is 15.4. The molecule has 0 aliphatic rings. The molecule has 2 heterocycles. The maximum absolute atomic E-state index is 6.03. The van der Waals surface area contributed by atoms with Gasteiger partial charge in [-0.15, -0.1) is 0 Å². The SMILES string of the molecule is COc1cc2ccccc2cc1-c1sc2ccccc2[n+]1-[n+]1c(-c2cc3ccccc3cc2OC)sc2ccccc21. The van der Waals surface area contributed by atoms with Crippen molar-refractivity contribution in [3.8, 4) is 32.6 Å². The molecular formula is C36H26N2O2S2+2. The lowest BCUT2D eigenvalue weighted by atomic mass is 10.1. The quantitative estimate of drug-likeness (QED) is 0.190. The zero-order chi connectivity index (χ0) is 28.2. The summed E-state index contributed by atoms with van der Waals surface area (Å²) < 4.78 is 19.2. The van der Waals surface area contributed by atoms with Crippen LogP contribution in [0.15, 0.2) is 121 Å². The Morgan fingerprint density at radius 3 is 1.21 bits per heavy atom. The van der Waals surface area contributed by atoms with Crippen molar-refractivity contribution >= 4 is 64.7 Å². The molecule has 0 radical (unpaired) electrons. The maximum Gasteiger partial charge on any atom is 0.344 e. The number of fused-ring (bicyclic) bond motifs is 4. The molecule has 0 spiro atoms. The molecule has 6 heteroatoms. The molecule has 6 aromatic carbocycles. The molecule has 8 aromatic rings. The number of nitrogens with zero attached hydrogens (tertiary/aromatic N) is 2. The molecule has 42 heavy (non-hydrogen) atoms. The minimum Gasteiger partial charge on any atom is -0.496 e. The van der Waals surface area contributed by atoms with Gasteiger partial charge in [0.15, 0.2) is 0 Å². The highest BCUT2D eigenvalue weighted by molar-refractivity contribution is 7.21. The first-order valence-electron chi connectivity index (χ1n) is 13.8. The van der Waals surface area contributed by atoms with Gasteiger partial charge in [0.05, 0.1) is 23.6 Å². The van der Waals surface area contributed by atoms with Crippen molar-refractivity contribution in [2.24, 2.45) is 0 Å². The predicted octanol–water partition coefficient (Wildman–Crippen LogP) is 8.66. The van der Waals surface area contributed by atoms with Crippen LogP contribution in [-0.2, 0) is 0 Å². The fourth-order valence-electron chi connectivity index (χ4n) is 5.80. The molecule has 0 saturated carbocycles. The van der Waals surface area contributed by atoms with Crippen molar-refractivity contribution in [2.45, 2.75) is 0 Å². The van der Waals surface area contributed by atoms with Crippen LogP contribution in [0.25, 0.3) is 63.1 Å². The van der Waals surface area contributed by atoms with E-state index in [0.29, 0.717) is 0 Å². The van der Waals surface area contributed by atoms with Gasteiger partial charge in [-0.1, -0.05) is 95.5 Å². The lowest BCUT2D eigenvalue weighted by molar-refractivity contribution is -1.26. The molecule has 0 fully saturated rings. The number of ether oxygens (including phenoxy) is 2. The summed E-state index contributed by atoms with van der Waals surface area (Å²) in [5.41, 5.74) is 4.36. The molecule has 0 aliphatic carbocycles. The number of rotatable bonds is 5. The fraction of sp³-hybridized carbons (Fsp3) is 0.0556. The Morgan fingerprint density at radius 1 is 0.452 bits per heavy atom. The largest absolute Gasteiger partial charge is 0.496 e. The minimum absolute atomic E-state index is 0.846. The van der Waals surface area contributed by atoms with Gasteiger partial charge >= 0.3 is 10.0 Å². The van der Waals surface area contributed by atoms with Crippen LogP contribution < -0.4 is 18.8 Å². The van der Waals surface area contributed by atoms with Crippen LogP contribution in [0.5, 0.6) is 11.5 Å². The summed E-state index contributed by atoms with van der Waals surface area (Å²) >= 11 is 3.55. The molecule has 0 amide bonds. The van der Waals surface area contributed by atoms with Crippen molar-refractivity contribution in [3.05, 3.63) is 121 Å².